The van der Waals surface area contributed by atoms with Crippen LogP contribution in [0.2, 0.25) is 0 Å². The number of hydrogen-bond acceptors (Lipinski definition) is 3. The Morgan fingerprint density at radius 2 is 2.50 bits per heavy atom. The van der Waals surface area contributed by atoms with E-state index in [1.54, 1.807) is 4.90 Å². The number of methoxy groups -OCH3 is 1. The maximum Gasteiger partial charge on any atom is 0.409 e. The van der Waals surface area contributed by atoms with E-state index in [-0.39, 0.29) is 6.09 Å². The van der Waals surface area contributed by atoms with Crippen molar-refractivity contribution in [2.24, 2.45) is 0 Å². The minimum atomic E-state index is -0.216. The number of nitrogens with zero attached hydrogens (tertiary/aromatic N) is 1. The summed E-state index contributed by atoms with van der Waals surface area (Å²) < 4.78 is 4.67. The van der Waals surface area contributed by atoms with Crippen LogP contribution in [-0.2, 0) is 4.74 Å². The Bertz CT molecular complexity index is 155. The molecule has 1 saturated heterocycles. The highest BCUT2D eigenvalue weighted by atomic mass is 16.5. The van der Waals surface area contributed by atoms with E-state index in [1.807, 2.05) is 6.92 Å². The molecule has 0 spiro atoms. The molecule has 1 fully saturated rings. The first-order valence-electron chi connectivity index (χ1n) is 4.35. The largest absolute Gasteiger partial charge is 0.453 e. The maximum atomic E-state index is 11.2. The van der Waals surface area contributed by atoms with Gasteiger partial charge >= 0.3 is 6.09 Å². The topological polar surface area (TPSA) is 41.6 Å². The van der Waals surface area contributed by atoms with Crippen LogP contribution < -0.4 is 5.32 Å². The molecule has 0 aromatic carbocycles. The molecular formula is C8H16N2O2. The molecule has 0 aliphatic carbocycles. The van der Waals surface area contributed by atoms with Gasteiger partial charge in [-0.1, -0.05) is 0 Å². The molecular weight excluding hydrogens is 156 g/mol. The lowest BCUT2D eigenvalue weighted by Gasteiger charge is -2.25. The van der Waals surface area contributed by atoms with E-state index in [9.17, 15) is 4.79 Å². The second-order valence-corrected chi connectivity index (χ2v) is 2.90. The van der Waals surface area contributed by atoms with E-state index in [4.69, 9.17) is 0 Å². The predicted octanol–water partition coefficient (Wildman–Crippen LogP) is 0.437. The first-order chi connectivity index (χ1) is 5.79. The Balaban J connectivity index is 2.48. The van der Waals surface area contributed by atoms with E-state index < -0.39 is 0 Å². The molecule has 0 radical (unpaired) electrons. The number of rotatable bonds is 2. The first-order valence-corrected chi connectivity index (χ1v) is 4.35. The van der Waals surface area contributed by atoms with Gasteiger partial charge in [0, 0.05) is 19.1 Å². The molecule has 1 aliphatic rings. The fraction of sp³-hybridized carbons (Fsp3) is 0.875. The van der Waals surface area contributed by atoms with Gasteiger partial charge in [-0.3, -0.25) is 0 Å². The van der Waals surface area contributed by atoms with Gasteiger partial charge in [0.05, 0.1) is 7.11 Å². The van der Waals surface area contributed by atoms with Crippen molar-refractivity contribution in [1.82, 2.24) is 10.2 Å². The number of carbonyl (C=O) groups is 1. The highest BCUT2D eigenvalue weighted by molar-refractivity contribution is 5.67. The van der Waals surface area contributed by atoms with Crippen molar-refractivity contribution < 1.29 is 9.53 Å². The highest BCUT2D eigenvalue weighted by Crippen LogP contribution is 2.08. The summed E-state index contributed by atoms with van der Waals surface area (Å²) in [5.74, 6) is 0. The molecule has 4 heteroatoms. The second kappa shape index (κ2) is 4.30. The fourth-order valence-corrected chi connectivity index (χ4v) is 1.56. The summed E-state index contributed by atoms with van der Waals surface area (Å²) in [7, 11) is 1.42. The molecule has 4 nitrogen and oxygen atoms in total. The molecule has 1 amide bonds. The molecule has 1 aliphatic heterocycles. The molecule has 0 aromatic rings. The molecule has 0 bridgehead atoms. The number of hydrogen-bond donors (Lipinski definition) is 1. The normalized spacial score (nSPS) is 22.3. The van der Waals surface area contributed by atoms with Crippen molar-refractivity contribution in [3.05, 3.63) is 0 Å². The summed E-state index contributed by atoms with van der Waals surface area (Å²) in [6, 6.07) is 0.322. The number of ether oxygens (including phenoxy) is 1. The van der Waals surface area contributed by atoms with E-state index in [0.717, 1.165) is 26.1 Å². The summed E-state index contributed by atoms with van der Waals surface area (Å²) in [4.78, 5) is 13.0. The van der Waals surface area contributed by atoms with Crippen LogP contribution in [0.15, 0.2) is 0 Å². The summed E-state index contributed by atoms with van der Waals surface area (Å²) in [5, 5.41) is 3.22. The van der Waals surface area contributed by atoms with Crippen molar-refractivity contribution in [2.45, 2.75) is 19.4 Å². The molecule has 0 saturated carbocycles. The smallest absolute Gasteiger partial charge is 0.409 e. The molecule has 1 rings (SSSR count). The third-order valence-electron chi connectivity index (χ3n) is 2.22. The molecule has 1 N–H and O–H groups in total. The lowest BCUT2D eigenvalue weighted by molar-refractivity contribution is 0.111. The minimum Gasteiger partial charge on any atom is -0.453 e. The third kappa shape index (κ3) is 1.88. The predicted molar refractivity (Wildman–Crippen MR) is 46.1 cm³/mol. The Hall–Kier alpha value is -0.770. The zero-order valence-electron chi connectivity index (χ0n) is 7.67. The fourth-order valence-electron chi connectivity index (χ4n) is 1.56. The van der Waals surface area contributed by atoms with Crippen molar-refractivity contribution in [2.75, 3.05) is 26.7 Å². The number of carbonyl (C=O) groups excluding carboxylic acids is 1. The number of amides is 1. The molecule has 1 atom stereocenters. The maximum absolute atomic E-state index is 11.2. The Kier molecular flexibility index (Phi) is 3.34. The van der Waals surface area contributed by atoms with Gasteiger partial charge in [0.1, 0.15) is 0 Å². The van der Waals surface area contributed by atoms with Gasteiger partial charge in [0.2, 0.25) is 0 Å². The van der Waals surface area contributed by atoms with Crippen LogP contribution in [0.1, 0.15) is 13.3 Å². The lowest BCUT2D eigenvalue weighted by atomic mass is 10.2. The van der Waals surface area contributed by atoms with Crippen molar-refractivity contribution in [1.29, 1.82) is 0 Å². The van der Waals surface area contributed by atoms with Crippen LogP contribution in [0.5, 0.6) is 0 Å². The van der Waals surface area contributed by atoms with Gasteiger partial charge in [0.15, 0.2) is 0 Å². The summed E-state index contributed by atoms with van der Waals surface area (Å²) >= 11 is 0. The van der Waals surface area contributed by atoms with Gasteiger partial charge < -0.3 is 15.0 Å². The second-order valence-electron chi connectivity index (χ2n) is 2.90. The van der Waals surface area contributed by atoms with Gasteiger partial charge in [-0.25, -0.2) is 4.79 Å². The van der Waals surface area contributed by atoms with Crippen LogP contribution >= 0.6 is 0 Å². The van der Waals surface area contributed by atoms with Crippen LogP contribution in [0, 0.1) is 0 Å². The van der Waals surface area contributed by atoms with E-state index in [0.29, 0.717) is 6.04 Å². The van der Waals surface area contributed by atoms with Gasteiger partial charge in [-0.15, -0.1) is 0 Å². The van der Waals surface area contributed by atoms with Gasteiger partial charge in [-0.05, 0) is 19.9 Å². The van der Waals surface area contributed by atoms with E-state index in [2.05, 4.69) is 10.1 Å². The van der Waals surface area contributed by atoms with Crippen LogP contribution in [-0.4, -0.2) is 43.8 Å². The Morgan fingerprint density at radius 3 is 2.92 bits per heavy atom. The standard InChI is InChI=1S/C8H16N2O2/c1-3-10(8(11)12-2)7-4-5-9-6-7/h7,9H,3-6H2,1-2H3. The van der Waals surface area contributed by atoms with E-state index in [1.165, 1.54) is 7.11 Å². The number of nitrogens with one attached hydrogen (secondary N) is 1. The molecule has 12 heavy (non-hydrogen) atoms. The quantitative estimate of drug-likeness (QED) is 0.657. The molecule has 0 aromatic heterocycles. The Morgan fingerprint density at radius 1 is 1.75 bits per heavy atom. The van der Waals surface area contributed by atoms with E-state index >= 15 is 0 Å². The van der Waals surface area contributed by atoms with Crippen LogP contribution in [0.4, 0.5) is 4.79 Å². The third-order valence-corrected chi connectivity index (χ3v) is 2.22. The monoisotopic (exact) mass is 172 g/mol. The van der Waals surface area contributed by atoms with Gasteiger partial charge in [0.25, 0.3) is 0 Å². The van der Waals surface area contributed by atoms with Crippen molar-refractivity contribution in [3.8, 4) is 0 Å². The van der Waals surface area contributed by atoms with Crippen LogP contribution in [0.25, 0.3) is 0 Å². The molecule has 70 valence electrons. The molecule has 1 heterocycles. The summed E-state index contributed by atoms with van der Waals surface area (Å²) in [6.07, 6.45) is 0.814. The van der Waals surface area contributed by atoms with Crippen molar-refractivity contribution >= 4 is 6.09 Å². The summed E-state index contributed by atoms with van der Waals surface area (Å²) in [6.45, 7) is 4.58. The van der Waals surface area contributed by atoms with Crippen molar-refractivity contribution in [3.63, 3.8) is 0 Å². The van der Waals surface area contributed by atoms with Crippen LogP contribution in [0.3, 0.4) is 0 Å². The summed E-state index contributed by atoms with van der Waals surface area (Å²) in [5.41, 5.74) is 0. The van der Waals surface area contributed by atoms with Gasteiger partial charge in [-0.2, -0.15) is 0 Å². The highest BCUT2D eigenvalue weighted by Gasteiger charge is 2.25. The zero-order valence-corrected chi connectivity index (χ0v) is 7.67. The average molecular weight is 172 g/mol. The SMILES string of the molecule is CCN(C(=O)OC)C1CCNC1. The zero-order chi connectivity index (χ0) is 8.97. The lowest BCUT2D eigenvalue weighted by Crippen LogP contribution is -2.41. The Labute approximate surface area is 72.9 Å². The number of likely N-dealkylation sites (N-methyl/N-ethyl adjacent to an activating group) is 1. The first kappa shape index (κ1) is 9.32. The minimum absolute atomic E-state index is 0.216. The average Bonchev–Trinajstić information content (AvgIpc) is 2.58. The molecule has 1 unspecified atom stereocenters.